The van der Waals surface area contributed by atoms with E-state index in [1.807, 2.05) is 19.1 Å². The quantitative estimate of drug-likeness (QED) is 0.866. The number of benzene rings is 1. The Morgan fingerprint density at radius 3 is 2.48 bits per heavy atom. The van der Waals surface area contributed by atoms with E-state index >= 15 is 0 Å². The van der Waals surface area contributed by atoms with Gasteiger partial charge in [-0.3, -0.25) is 0 Å². The fourth-order valence-corrected chi connectivity index (χ4v) is 2.30. The highest BCUT2D eigenvalue weighted by Gasteiger charge is 2.13. The van der Waals surface area contributed by atoms with Gasteiger partial charge in [0.05, 0.1) is 28.3 Å². The summed E-state index contributed by atoms with van der Waals surface area (Å²) in [5.74, 6) is 0.729. The number of ether oxygens (including phenoxy) is 2. The maximum absolute atomic E-state index is 12.1. The molecule has 6 nitrogen and oxygen atoms in total. The number of aryl methyl sites for hydroxylation is 1. The number of hydrogen-bond donors (Lipinski definition) is 1. The zero-order valence-electron chi connectivity index (χ0n) is 14.0. The maximum atomic E-state index is 12.1. The molecule has 1 aromatic heterocycles. The minimum absolute atomic E-state index is 0.00367. The normalized spacial score (nSPS) is 11.0. The molecule has 0 fully saturated rings. The van der Waals surface area contributed by atoms with Gasteiger partial charge in [-0.15, -0.1) is 0 Å². The second-order valence-electron chi connectivity index (χ2n) is 5.22. The lowest BCUT2D eigenvalue weighted by atomic mass is 10.1. The minimum Gasteiger partial charge on any atom is -0.504 e. The van der Waals surface area contributed by atoms with Crippen molar-refractivity contribution in [2.24, 2.45) is 14.1 Å². The van der Waals surface area contributed by atoms with Crippen LogP contribution in [0.3, 0.4) is 0 Å². The molecule has 122 valence electrons. The first-order valence-electron chi connectivity index (χ1n) is 7.08. The highest BCUT2D eigenvalue weighted by atomic mass is 16.5. The van der Waals surface area contributed by atoms with E-state index in [1.54, 1.807) is 41.4 Å². The Hall–Kier alpha value is -2.76. The van der Waals surface area contributed by atoms with Crippen molar-refractivity contribution in [1.82, 2.24) is 4.57 Å². The average Bonchev–Trinajstić information content (AvgIpc) is 2.54. The van der Waals surface area contributed by atoms with Crippen molar-refractivity contribution in [1.29, 1.82) is 0 Å². The van der Waals surface area contributed by atoms with Crippen LogP contribution < -0.4 is 19.7 Å². The van der Waals surface area contributed by atoms with Gasteiger partial charge in [0, 0.05) is 6.07 Å². The van der Waals surface area contributed by atoms with Gasteiger partial charge in [0.1, 0.15) is 11.4 Å². The van der Waals surface area contributed by atoms with Crippen LogP contribution in [0.25, 0.3) is 12.2 Å². The van der Waals surface area contributed by atoms with Crippen molar-refractivity contribution in [3.63, 3.8) is 0 Å². The molecule has 0 radical (unpaired) electrons. The van der Waals surface area contributed by atoms with Crippen LogP contribution in [0.5, 0.6) is 17.2 Å². The molecule has 0 amide bonds. The molecule has 0 atom stereocenters. The smallest absolute Gasteiger partial charge is 0.498 e. The fraction of sp³-hybridized carbons (Fsp3) is 0.294. The molecule has 1 aromatic carbocycles. The third kappa shape index (κ3) is 3.21. The monoisotopic (exact) mass is 317 g/mol. The van der Waals surface area contributed by atoms with Crippen LogP contribution in [0, 0.1) is 6.92 Å². The molecule has 1 N–H and O–H groups in total. The molecule has 0 saturated heterocycles. The van der Waals surface area contributed by atoms with Crippen LogP contribution in [0.1, 0.15) is 17.0 Å². The van der Waals surface area contributed by atoms with E-state index in [2.05, 4.69) is 0 Å². The van der Waals surface area contributed by atoms with E-state index in [4.69, 9.17) is 9.47 Å². The first-order chi connectivity index (χ1) is 10.9. The first-order valence-corrected chi connectivity index (χ1v) is 7.08. The SMILES string of the molecule is COc1cc(/C=C/c2cc(C)n(C)c(=O)[n+]2C)cc(O)c1OC. The Morgan fingerprint density at radius 1 is 1.17 bits per heavy atom. The van der Waals surface area contributed by atoms with Gasteiger partial charge < -0.3 is 14.6 Å². The maximum Gasteiger partial charge on any atom is 0.498 e. The molecule has 0 aliphatic rings. The Labute approximate surface area is 134 Å². The van der Waals surface area contributed by atoms with Crippen molar-refractivity contribution in [2.75, 3.05) is 14.2 Å². The lowest BCUT2D eigenvalue weighted by Crippen LogP contribution is -2.53. The van der Waals surface area contributed by atoms with Crippen molar-refractivity contribution < 1.29 is 19.1 Å². The molecule has 6 heteroatoms. The standard InChI is InChI=1S/C17H20N2O4/c1-11-8-13(19(3)17(21)18(11)2)7-6-12-9-14(20)16(23-5)15(10-12)22-4/h6-10H,1-5H3/p+1/b7-6+. The van der Waals surface area contributed by atoms with Crippen LogP contribution >= 0.6 is 0 Å². The number of nitrogens with zero attached hydrogens (tertiary/aromatic N) is 2. The number of phenols is 1. The van der Waals surface area contributed by atoms with Gasteiger partial charge >= 0.3 is 5.69 Å². The number of aromatic nitrogens is 2. The Balaban J connectivity index is 2.46. The molecule has 0 aliphatic heterocycles. The first kappa shape index (κ1) is 16.6. The molecule has 0 saturated carbocycles. The van der Waals surface area contributed by atoms with Gasteiger partial charge in [-0.1, -0.05) is 6.08 Å². The molecule has 23 heavy (non-hydrogen) atoms. The van der Waals surface area contributed by atoms with E-state index in [1.165, 1.54) is 14.2 Å². The van der Waals surface area contributed by atoms with Gasteiger partial charge in [0.25, 0.3) is 0 Å². The summed E-state index contributed by atoms with van der Waals surface area (Å²) in [6, 6.07) is 5.24. The summed E-state index contributed by atoms with van der Waals surface area (Å²) in [5.41, 5.74) is 2.26. The second kappa shape index (κ2) is 6.56. The molecule has 0 unspecified atom stereocenters. The highest BCUT2D eigenvalue weighted by molar-refractivity contribution is 5.70. The zero-order chi connectivity index (χ0) is 17.1. The van der Waals surface area contributed by atoms with Crippen LogP contribution in [0.15, 0.2) is 23.0 Å². The van der Waals surface area contributed by atoms with Crippen LogP contribution in [-0.2, 0) is 14.1 Å². The molecule has 2 rings (SSSR count). The van der Waals surface area contributed by atoms with Gasteiger partial charge in [-0.2, -0.15) is 13.9 Å². The number of aromatic hydroxyl groups is 1. The van der Waals surface area contributed by atoms with E-state index in [9.17, 15) is 9.90 Å². The predicted molar refractivity (Wildman–Crippen MR) is 87.7 cm³/mol. The number of phenolic OH excluding ortho intramolecular Hbond substituents is 1. The van der Waals surface area contributed by atoms with Gasteiger partial charge in [0.2, 0.25) is 5.75 Å². The van der Waals surface area contributed by atoms with Gasteiger partial charge in [-0.25, -0.2) is 0 Å². The van der Waals surface area contributed by atoms with Crippen LogP contribution in [0.4, 0.5) is 0 Å². The summed E-state index contributed by atoms with van der Waals surface area (Å²) in [5, 5.41) is 9.98. The van der Waals surface area contributed by atoms with Gasteiger partial charge in [0.15, 0.2) is 11.5 Å². The van der Waals surface area contributed by atoms with Crippen molar-refractivity contribution in [2.45, 2.75) is 6.92 Å². The predicted octanol–water partition coefficient (Wildman–Crippen LogP) is 1.41. The summed E-state index contributed by atoms with van der Waals surface area (Å²) in [4.78, 5) is 12.1. The van der Waals surface area contributed by atoms with Crippen LogP contribution in [0.2, 0.25) is 0 Å². The Kier molecular flexibility index (Phi) is 4.74. The Morgan fingerprint density at radius 2 is 1.87 bits per heavy atom. The molecule has 2 aromatic rings. The van der Waals surface area contributed by atoms with E-state index in [-0.39, 0.29) is 11.4 Å². The van der Waals surface area contributed by atoms with Crippen LogP contribution in [-0.4, -0.2) is 23.9 Å². The summed E-state index contributed by atoms with van der Waals surface area (Å²) in [6.45, 7) is 1.88. The summed E-state index contributed by atoms with van der Waals surface area (Å²) >= 11 is 0. The zero-order valence-corrected chi connectivity index (χ0v) is 14.0. The fourth-order valence-electron chi connectivity index (χ4n) is 2.30. The van der Waals surface area contributed by atoms with E-state index < -0.39 is 0 Å². The summed E-state index contributed by atoms with van der Waals surface area (Å²) < 4.78 is 13.5. The summed E-state index contributed by atoms with van der Waals surface area (Å²) in [7, 11) is 6.43. The largest absolute Gasteiger partial charge is 0.504 e. The lowest BCUT2D eigenvalue weighted by molar-refractivity contribution is -0.692. The molecular formula is C17H21N2O4+. The third-order valence-corrected chi connectivity index (χ3v) is 3.78. The van der Waals surface area contributed by atoms with Gasteiger partial charge in [-0.05, 0) is 30.7 Å². The summed E-state index contributed by atoms with van der Waals surface area (Å²) in [6.07, 6.45) is 3.62. The third-order valence-electron chi connectivity index (χ3n) is 3.78. The average molecular weight is 317 g/mol. The number of hydrogen-bond acceptors (Lipinski definition) is 4. The number of rotatable bonds is 4. The topological polar surface area (TPSA) is 64.6 Å². The molecule has 0 spiro atoms. The van der Waals surface area contributed by atoms with E-state index in [0.717, 1.165) is 17.0 Å². The molecular weight excluding hydrogens is 296 g/mol. The van der Waals surface area contributed by atoms with Crippen molar-refractivity contribution in [3.05, 3.63) is 45.6 Å². The lowest BCUT2D eigenvalue weighted by Gasteiger charge is -2.10. The van der Waals surface area contributed by atoms with Crippen molar-refractivity contribution >= 4 is 12.2 Å². The van der Waals surface area contributed by atoms with Crippen molar-refractivity contribution in [3.8, 4) is 17.2 Å². The van der Waals surface area contributed by atoms with E-state index in [0.29, 0.717) is 11.5 Å². The number of methoxy groups -OCH3 is 2. The Bertz CT molecular complexity index is 822. The molecule has 0 aliphatic carbocycles. The molecule has 1 heterocycles. The second-order valence-corrected chi connectivity index (χ2v) is 5.22. The molecule has 0 bridgehead atoms. The minimum atomic E-state index is -0.0974. The highest BCUT2D eigenvalue weighted by Crippen LogP contribution is 2.37.